The third kappa shape index (κ3) is 6.08. The molecule has 0 aliphatic heterocycles. The van der Waals surface area contributed by atoms with Crippen molar-refractivity contribution in [3.8, 4) is 11.4 Å². The van der Waals surface area contributed by atoms with Gasteiger partial charge in [-0.15, -0.1) is 0 Å². The van der Waals surface area contributed by atoms with Crippen molar-refractivity contribution in [2.75, 3.05) is 12.8 Å². The molecule has 44 heavy (non-hydrogen) atoms. The number of nitrogen functional groups attached to an aromatic ring is 1. The van der Waals surface area contributed by atoms with Crippen molar-refractivity contribution in [2.24, 2.45) is 0 Å². The standard InChI is InChI=1S/C30H22N6O8/c1-43-30(40)19-10-11-24-22(14-19)34-28(44-24)26(38)23(12-17-6-3-2-4-7-17)33-25(37)16-35-27(32-15-21(31)29(35)39)18-8-5-9-20(13-18)36(41)42/h2-15H,16,31H2,1H3,(H,33,37). The van der Waals surface area contributed by atoms with Crippen LogP contribution in [-0.2, 0) is 16.1 Å². The Hall–Kier alpha value is -6.44. The van der Waals surface area contributed by atoms with Crippen molar-refractivity contribution in [2.45, 2.75) is 6.54 Å². The number of nitrogens with zero attached hydrogens (tertiary/aromatic N) is 4. The number of non-ortho nitro benzene ring substituents is 1. The van der Waals surface area contributed by atoms with Gasteiger partial charge in [-0.2, -0.15) is 0 Å². The van der Waals surface area contributed by atoms with E-state index in [4.69, 9.17) is 14.9 Å². The third-order valence-corrected chi connectivity index (χ3v) is 6.32. The van der Waals surface area contributed by atoms with Crippen molar-refractivity contribution >= 4 is 46.2 Å². The van der Waals surface area contributed by atoms with Gasteiger partial charge in [0, 0.05) is 17.7 Å². The van der Waals surface area contributed by atoms with E-state index >= 15 is 0 Å². The predicted molar refractivity (Wildman–Crippen MR) is 157 cm³/mol. The summed E-state index contributed by atoms with van der Waals surface area (Å²) in [6, 6.07) is 18.3. The minimum atomic E-state index is -0.814. The molecule has 2 heterocycles. The maximum Gasteiger partial charge on any atom is 0.337 e. The van der Waals surface area contributed by atoms with Crippen LogP contribution in [0.15, 0.2) is 93.9 Å². The highest BCUT2D eigenvalue weighted by molar-refractivity contribution is 6.11. The van der Waals surface area contributed by atoms with Crippen LogP contribution in [0.2, 0.25) is 0 Å². The van der Waals surface area contributed by atoms with Crippen molar-refractivity contribution in [3.05, 3.63) is 122 Å². The summed E-state index contributed by atoms with van der Waals surface area (Å²) in [5, 5.41) is 13.8. The molecule has 5 rings (SSSR count). The molecule has 0 bridgehead atoms. The fraction of sp³-hybridized carbons (Fsp3) is 0.0667. The van der Waals surface area contributed by atoms with E-state index in [0.29, 0.717) is 5.56 Å². The fourth-order valence-electron chi connectivity index (χ4n) is 4.24. The number of oxazole rings is 1. The lowest BCUT2D eigenvalue weighted by Crippen LogP contribution is -2.35. The van der Waals surface area contributed by atoms with E-state index in [1.165, 1.54) is 55.7 Å². The van der Waals surface area contributed by atoms with Gasteiger partial charge < -0.3 is 20.2 Å². The molecule has 0 radical (unpaired) electrons. The van der Waals surface area contributed by atoms with Gasteiger partial charge >= 0.3 is 5.97 Å². The van der Waals surface area contributed by atoms with Gasteiger partial charge in [0.15, 0.2) is 5.58 Å². The summed E-state index contributed by atoms with van der Waals surface area (Å²) in [5.41, 5.74) is 5.63. The highest BCUT2D eigenvalue weighted by Crippen LogP contribution is 2.23. The lowest BCUT2D eigenvalue weighted by Gasteiger charge is -2.14. The Bertz CT molecular complexity index is 2030. The molecule has 0 fully saturated rings. The monoisotopic (exact) mass is 594 g/mol. The van der Waals surface area contributed by atoms with Crippen LogP contribution in [0, 0.1) is 10.1 Å². The van der Waals surface area contributed by atoms with Crippen LogP contribution < -0.4 is 16.6 Å². The van der Waals surface area contributed by atoms with Crippen LogP contribution >= 0.6 is 0 Å². The molecule has 5 aromatic rings. The van der Waals surface area contributed by atoms with Crippen LogP contribution in [-0.4, -0.2) is 44.2 Å². The number of carbonyl (C=O) groups excluding carboxylic acids is 3. The van der Waals surface area contributed by atoms with Crippen LogP contribution in [0.1, 0.15) is 26.6 Å². The molecular weight excluding hydrogens is 572 g/mol. The smallest absolute Gasteiger partial charge is 0.337 e. The van der Waals surface area contributed by atoms with E-state index in [2.05, 4.69) is 15.3 Å². The van der Waals surface area contributed by atoms with E-state index in [9.17, 15) is 29.3 Å². The summed E-state index contributed by atoms with van der Waals surface area (Å²) in [7, 11) is 1.23. The average Bonchev–Trinajstić information content (AvgIpc) is 3.46. The van der Waals surface area contributed by atoms with Gasteiger partial charge in [-0.3, -0.25) is 29.1 Å². The first-order valence-electron chi connectivity index (χ1n) is 12.8. The number of hydrogen-bond donors (Lipinski definition) is 2. The zero-order valence-electron chi connectivity index (χ0n) is 22.9. The molecule has 0 aliphatic rings. The Labute approximate surface area is 247 Å². The molecule has 1 amide bonds. The van der Waals surface area contributed by atoms with Gasteiger partial charge in [0.1, 0.15) is 23.6 Å². The molecule has 0 atom stereocenters. The number of Topliss-reactive ketones (excluding diaryl/α,β-unsaturated/α-hetero) is 1. The Balaban J connectivity index is 1.49. The summed E-state index contributed by atoms with van der Waals surface area (Å²) in [6.07, 6.45) is 2.49. The highest BCUT2D eigenvalue weighted by Gasteiger charge is 2.23. The first-order valence-corrected chi connectivity index (χ1v) is 12.8. The molecule has 0 saturated heterocycles. The van der Waals surface area contributed by atoms with Gasteiger partial charge in [-0.05, 0) is 29.8 Å². The summed E-state index contributed by atoms with van der Waals surface area (Å²) in [4.78, 5) is 70.9. The molecule has 0 unspecified atom stereocenters. The minimum Gasteiger partial charge on any atom is -0.465 e. The second-order valence-electron chi connectivity index (χ2n) is 9.27. The number of benzene rings is 3. The lowest BCUT2D eigenvalue weighted by atomic mass is 10.1. The van der Waals surface area contributed by atoms with E-state index in [0.717, 1.165) is 10.8 Å². The second-order valence-corrected chi connectivity index (χ2v) is 9.27. The molecule has 0 aliphatic carbocycles. The number of aromatic nitrogens is 3. The number of esters is 1. The van der Waals surface area contributed by atoms with Gasteiger partial charge in [-0.1, -0.05) is 42.5 Å². The molecule has 0 spiro atoms. The highest BCUT2D eigenvalue weighted by atomic mass is 16.6. The van der Waals surface area contributed by atoms with Crippen LogP contribution in [0.25, 0.3) is 28.6 Å². The lowest BCUT2D eigenvalue weighted by molar-refractivity contribution is -0.384. The number of ketones is 1. The number of nitro groups is 1. The number of nitro benzene ring substituents is 1. The van der Waals surface area contributed by atoms with E-state index in [-0.39, 0.29) is 51.0 Å². The van der Waals surface area contributed by atoms with Crippen molar-refractivity contribution in [1.82, 2.24) is 19.9 Å². The first kappa shape index (κ1) is 29.1. The van der Waals surface area contributed by atoms with Crippen molar-refractivity contribution in [3.63, 3.8) is 0 Å². The quantitative estimate of drug-likeness (QED) is 0.0832. The Morgan fingerprint density at radius 2 is 1.86 bits per heavy atom. The molecule has 14 heteroatoms. The topological polar surface area (TPSA) is 203 Å². The molecule has 3 N–H and O–H groups in total. The number of allylic oxidation sites excluding steroid dienone is 1. The second kappa shape index (κ2) is 12.2. The van der Waals surface area contributed by atoms with E-state index < -0.39 is 34.7 Å². The summed E-state index contributed by atoms with van der Waals surface area (Å²) in [6.45, 7) is -0.648. The number of nitrogens with one attached hydrogen (secondary N) is 1. The van der Waals surface area contributed by atoms with Crippen molar-refractivity contribution < 1.29 is 28.5 Å². The average molecular weight is 595 g/mol. The summed E-state index contributed by atoms with van der Waals surface area (Å²) >= 11 is 0. The number of hydrogen-bond acceptors (Lipinski definition) is 11. The Morgan fingerprint density at radius 3 is 2.59 bits per heavy atom. The first-order chi connectivity index (χ1) is 21.1. The van der Waals surface area contributed by atoms with Gasteiger partial charge in [-0.25, -0.2) is 14.8 Å². The van der Waals surface area contributed by atoms with Crippen LogP contribution in [0.4, 0.5) is 11.4 Å². The molecule has 0 saturated carbocycles. The van der Waals surface area contributed by atoms with Gasteiger partial charge in [0.05, 0.1) is 29.5 Å². The SMILES string of the molecule is COC(=O)c1ccc2oc(C(=O)C(=Cc3ccccc3)NC(=O)Cn3c(-c4cccc([N+](=O)[O-])c4)ncc(N)c3=O)nc2c1. The minimum absolute atomic E-state index is 0.0525. The zero-order valence-corrected chi connectivity index (χ0v) is 22.9. The fourth-order valence-corrected chi connectivity index (χ4v) is 4.24. The number of fused-ring (bicyclic) bond motifs is 1. The largest absolute Gasteiger partial charge is 0.465 e. The number of rotatable bonds is 9. The summed E-state index contributed by atoms with van der Waals surface area (Å²) < 4.78 is 11.3. The number of nitrogens with two attached hydrogens (primary N) is 1. The Kier molecular flexibility index (Phi) is 8.06. The number of ether oxygens (including phenoxy) is 1. The van der Waals surface area contributed by atoms with Gasteiger partial charge in [0.25, 0.3) is 22.9 Å². The molecular formula is C30H22N6O8. The zero-order chi connectivity index (χ0) is 31.4. The maximum absolute atomic E-state index is 13.6. The van der Waals surface area contributed by atoms with Gasteiger partial charge in [0.2, 0.25) is 5.91 Å². The number of carbonyl (C=O) groups is 3. The van der Waals surface area contributed by atoms with Crippen LogP contribution in [0.3, 0.4) is 0 Å². The van der Waals surface area contributed by atoms with Crippen LogP contribution in [0.5, 0.6) is 0 Å². The summed E-state index contributed by atoms with van der Waals surface area (Å²) in [5.74, 6) is -2.64. The third-order valence-electron chi connectivity index (χ3n) is 6.32. The molecule has 14 nitrogen and oxygen atoms in total. The molecule has 2 aromatic heterocycles. The number of methoxy groups -OCH3 is 1. The predicted octanol–water partition coefficient (Wildman–Crippen LogP) is 3.37. The molecule has 3 aromatic carbocycles. The van der Waals surface area contributed by atoms with E-state index in [1.54, 1.807) is 30.3 Å². The van der Waals surface area contributed by atoms with Crippen molar-refractivity contribution in [1.29, 1.82) is 0 Å². The normalized spacial score (nSPS) is 11.2. The number of amides is 1. The number of anilines is 1. The molecule has 220 valence electrons. The van der Waals surface area contributed by atoms with E-state index in [1.807, 2.05) is 0 Å². The Morgan fingerprint density at radius 1 is 1.09 bits per heavy atom. The maximum atomic E-state index is 13.6.